The minimum Gasteiger partial charge on any atom is -0.368 e. The fourth-order valence-corrected chi connectivity index (χ4v) is 1.64. The molecule has 3 aromatic rings. The number of hydrogen-bond donors (Lipinski definition) is 2. The number of aromatic amines is 1. The molecule has 0 aliphatic rings. The van der Waals surface area contributed by atoms with Gasteiger partial charge in [0.15, 0.2) is 0 Å². The zero-order chi connectivity index (χ0) is 10.4. The molecule has 2 aromatic heterocycles. The van der Waals surface area contributed by atoms with Gasteiger partial charge in [-0.3, -0.25) is 9.78 Å². The Balaban J connectivity index is 2.74. The van der Waals surface area contributed by atoms with E-state index in [1.54, 1.807) is 22.6 Å². The third-order valence-electron chi connectivity index (χ3n) is 2.30. The van der Waals surface area contributed by atoms with Gasteiger partial charge in [-0.2, -0.15) is 0 Å². The van der Waals surface area contributed by atoms with Crippen molar-refractivity contribution in [2.45, 2.75) is 0 Å². The van der Waals surface area contributed by atoms with Gasteiger partial charge >= 0.3 is 0 Å². The fourth-order valence-electron chi connectivity index (χ4n) is 1.64. The first-order chi connectivity index (χ1) is 7.27. The molecule has 3 rings (SSSR count). The monoisotopic (exact) mass is 201 g/mol. The Bertz CT molecular complexity index is 711. The van der Waals surface area contributed by atoms with Crippen LogP contribution in [0.15, 0.2) is 29.1 Å². The van der Waals surface area contributed by atoms with Crippen molar-refractivity contribution in [1.82, 2.24) is 19.6 Å². The van der Waals surface area contributed by atoms with Crippen LogP contribution in [0, 0.1) is 0 Å². The van der Waals surface area contributed by atoms with E-state index in [1.165, 1.54) is 0 Å². The van der Waals surface area contributed by atoms with Gasteiger partial charge < -0.3 is 5.73 Å². The van der Waals surface area contributed by atoms with Crippen LogP contribution in [-0.4, -0.2) is 19.6 Å². The smallest absolute Gasteiger partial charge is 0.260 e. The molecule has 0 aliphatic heterocycles. The van der Waals surface area contributed by atoms with E-state index in [0.29, 0.717) is 16.7 Å². The summed E-state index contributed by atoms with van der Waals surface area (Å²) in [6.45, 7) is 0. The Hall–Kier alpha value is -2.37. The standard InChI is InChI=1S/C9H7N5O/c10-8-12-13-9-11-7(15)5-3-1-2-4-6(5)14(8)9/h1-4H,(H2,10,12)(H,11,13,15). The molecular formula is C9H7N5O. The average Bonchev–Trinajstić information content (AvgIpc) is 2.61. The minimum absolute atomic E-state index is 0.189. The second-order valence-corrected chi connectivity index (χ2v) is 3.19. The Labute approximate surface area is 83.4 Å². The number of fused-ring (bicyclic) bond motifs is 3. The van der Waals surface area contributed by atoms with E-state index in [-0.39, 0.29) is 11.5 Å². The van der Waals surface area contributed by atoms with Crippen LogP contribution in [0.4, 0.5) is 5.95 Å². The second-order valence-electron chi connectivity index (χ2n) is 3.19. The van der Waals surface area contributed by atoms with Crippen molar-refractivity contribution in [3.05, 3.63) is 34.6 Å². The lowest BCUT2D eigenvalue weighted by molar-refractivity contribution is 1.10. The topological polar surface area (TPSA) is 89.1 Å². The molecule has 0 unspecified atom stereocenters. The van der Waals surface area contributed by atoms with Gasteiger partial charge in [0, 0.05) is 0 Å². The molecule has 0 saturated carbocycles. The number of rotatable bonds is 0. The highest BCUT2D eigenvalue weighted by atomic mass is 16.1. The predicted octanol–water partition coefficient (Wildman–Crippen LogP) is 0.153. The lowest BCUT2D eigenvalue weighted by Crippen LogP contribution is -2.10. The maximum Gasteiger partial charge on any atom is 0.260 e. The summed E-state index contributed by atoms with van der Waals surface area (Å²) >= 11 is 0. The first-order valence-corrected chi connectivity index (χ1v) is 4.39. The van der Waals surface area contributed by atoms with Crippen LogP contribution < -0.4 is 11.3 Å². The number of H-pyrrole nitrogens is 1. The van der Waals surface area contributed by atoms with Gasteiger partial charge in [-0.15, -0.1) is 10.2 Å². The Kier molecular flexibility index (Phi) is 1.37. The molecule has 2 heterocycles. The van der Waals surface area contributed by atoms with Crippen molar-refractivity contribution < 1.29 is 0 Å². The summed E-state index contributed by atoms with van der Waals surface area (Å²) in [7, 11) is 0. The highest BCUT2D eigenvalue weighted by Gasteiger charge is 2.08. The lowest BCUT2D eigenvalue weighted by Gasteiger charge is -2.00. The third kappa shape index (κ3) is 0.954. The maximum absolute atomic E-state index is 11.6. The molecule has 0 fully saturated rings. The molecule has 74 valence electrons. The van der Waals surface area contributed by atoms with Crippen LogP contribution in [0.2, 0.25) is 0 Å². The van der Waals surface area contributed by atoms with Gasteiger partial charge in [-0.1, -0.05) is 12.1 Å². The highest BCUT2D eigenvalue weighted by molar-refractivity contribution is 5.80. The SMILES string of the molecule is Nc1nnc2[nH]c(=O)c3ccccc3n12. The van der Waals surface area contributed by atoms with Crippen LogP contribution in [0.25, 0.3) is 16.7 Å². The molecular weight excluding hydrogens is 194 g/mol. The Morgan fingerprint density at radius 2 is 2.07 bits per heavy atom. The zero-order valence-corrected chi connectivity index (χ0v) is 7.64. The van der Waals surface area contributed by atoms with Gasteiger partial charge in [0.2, 0.25) is 11.7 Å². The van der Waals surface area contributed by atoms with Crippen molar-refractivity contribution in [3.8, 4) is 0 Å². The van der Waals surface area contributed by atoms with Crippen molar-refractivity contribution in [3.63, 3.8) is 0 Å². The largest absolute Gasteiger partial charge is 0.368 e. The average molecular weight is 201 g/mol. The molecule has 0 bridgehead atoms. The molecule has 0 atom stereocenters. The van der Waals surface area contributed by atoms with Crippen molar-refractivity contribution in [2.24, 2.45) is 0 Å². The van der Waals surface area contributed by atoms with Gasteiger partial charge in [-0.25, -0.2) is 4.40 Å². The molecule has 0 spiro atoms. The van der Waals surface area contributed by atoms with Crippen LogP contribution in [0.3, 0.4) is 0 Å². The number of nitrogens with one attached hydrogen (secondary N) is 1. The number of hydrogen-bond acceptors (Lipinski definition) is 4. The number of benzene rings is 1. The number of anilines is 1. The molecule has 0 saturated heterocycles. The maximum atomic E-state index is 11.6. The molecule has 3 N–H and O–H groups in total. The van der Waals surface area contributed by atoms with E-state index >= 15 is 0 Å². The van der Waals surface area contributed by atoms with Gasteiger partial charge in [0.1, 0.15) is 0 Å². The van der Waals surface area contributed by atoms with E-state index in [4.69, 9.17) is 5.73 Å². The molecule has 0 radical (unpaired) electrons. The van der Waals surface area contributed by atoms with E-state index in [1.807, 2.05) is 6.07 Å². The molecule has 6 nitrogen and oxygen atoms in total. The van der Waals surface area contributed by atoms with E-state index in [9.17, 15) is 4.79 Å². The normalized spacial score (nSPS) is 11.2. The summed E-state index contributed by atoms with van der Waals surface area (Å²) in [5.41, 5.74) is 6.18. The quantitative estimate of drug-likeness (QED) is 0.542. The number of nitrogens with zero attached hydrogens (tertiary/aromatic N) is 3. The first kappa shape index (κ1) is 7.98. The number of nitrogen functional groups attached to an aromatic ring is 1. The van der Waals surface area contributed by atoms with Crippen molar-refractivity contribution >= 4 is 22.6 Å². The van der Waals surface area contributed by atoms with Crippen LogP contribution in [0.1, 0.15) is 0 Å². The van der Waals surface area contributed by atoms with Crippen LogP contribution >= 0.6 is 0 Å². The summed E-state index contributed by atoms with van der Waals surface area (Å²) in [5.74, 6) is 0.619. The van der Waals surface area contributed by atoms with Crippen molar-refractivity contribution in [1.29, 1.82) is 0 Å². The van der Waals surface area contributed by atoms with E-state index < -0.39 is 0 Å². The van der Waals surface area contributed by atoms with Gasteiger partial charge in [-0.05, 0) is 12.1 Å². The number of nitrogens with two attached hydrogens (primary N) is 1. The molecule has 15 heavy (non-hydrogen) atoms. The highest BCUT2D eigenvalue weighted by Crippen LogP contribution is 2.12. The predicted molar refractivity (Wildman–Crippen MR) is 55.5 cm³/mol. The van der Waals surface area contributed by atoms with E-state index in [2.05, 4.69) is 15.2 Å². The summed E-state index contributed by atoms with van der Waals surface area (Å²) in [6.07, 6.45) is 0. The van der Waals surface area contributed by atoms with Gasteiger partial charge in [0.05, 0.1) is 10.9 Å². The number of para-hydroxylation sites is 1. The summed E-state index contributed by atoms with van der Waals surface area (Å²) in [4.78, 5) is 14.2. The van der Waals surface area contributed by atoms with Crippen LogP contribution in [-0.2, 0) is 0 Å². The molecule has 0 amide bonds. The minimum atomic E-state index is -0.189. The zero-order valence-electron chi connectivity index (χ0n) is 7.64. The van der Waals surface area contributed by atoms with Gasteiger partial charge in [0.25, 0.3) is 5.56 Å². The number of aromatic nitrogens is 4. The summed E-state index contributed by atoms with van der Waals surface area (Å²) < 4.78 is 1.61. The Morgan fingerprint density at radius 1 is 1.27 bits per heavy atom. The third-order valence-corrected chi connectivity index (χ3v) is 2.30. The fraction of sp³-hybridized carbons (Fsp3) is 0. The summed E-state index contributed by atoms with van der Waals surface area (Å²) in [6, 6.07) is 7.16. The second kappa shape index (κ2) is 2.57. The molecule has 6 heteroatoms. The summed E-state index contributed by atoms with van der Waals surface area (Å²) in [5, 5.41) is 8.04. The van der Waals surface area contributed by atoms with Crippen LogP contribution in [0.5, 0.6) is 0 Å². The first-order valence-electron chi connectivity index (χ1n) is 4.39. The van der Waals surface area contributed by atoms with Crippen molar-refractivity contribution in [2.75, 3.05) is 5.73 Å². The Morgan fingerprint density at radius 3 is 2.93 bits per heavy atom. The molecule has 0 aliphatic carbocycles. The lowest BCUT2D eigenvalue weighted by atomic mass is 10.2. The molecule has 1 aromatic carbocycles. The van der Waals surface area contributed by atoms with E-state index in [0.717, 1.165) is 0 Å².